The highest BCUT2D eigenvalue weighted by atomic mass is 35.5. The van der Waals surface area contributed by atoms with Crippen LogP contribution in [0.1, 0.15) is 12.2 Å². The Bertz CT molecular complexity index is 801. The molecule has 0 atom stereocenters. The van der Waals surface area contributed by atoms with Gasteiger partial charge in [0.25, 0.3) is 0 Å². The second-order valence-corrected chi connectivity index (χ2v) is 6.80. The van der Waals surface area contributed by atoms with Crippen molar-refractivity contribution in [1.82, 2.24) is 15.3 Å². The van der Waals surface area contributed by atoms with Crippen LogP contribution in [-0.2, 0) is 11.2 Å². The number of thioether (sulfide) groups is 1. The van der Waals surface area contributed by atoms with Crippen molar-refractivity contribution in [1.29, 1.82) is 0 Å². The number of carbonyl (C=O) groups is 1. The van der Waals surface area contributed by atoms with Gasteiger partial charge in [-0.05, 0) is 30.7 Å². The van der Waals surface area contributed by atoms with Crippen LogP contribution in [0, 0.1) is 0 Å². The van der Waals surface area contributed by atoms with E-state index in [4.69, 9.17) is 11.6 Å². The molecule has 3 aromatic rings. The van der Waals surface area contributed by atoms with Gasteiger partial charge in [0.2, 0.25) is 5.91 Å². The molecule has 0 radical (unpaired) electrons. The Balaban J connectivity index is 1.38. The third-order valence-electron chi connectivity index (χ3n) is 3.55. The first-order valence-electron chi connectivity index (χ1n) is 7.80. The van der Waals surface area contributed by atoms with E-state index in [1.807, 2.05) is 48.5 Å². The minimum Gasteiger partial charge on any atom is -0.355 e. The van der Waals surface area contributed by atoms with Crippen LogP contribution in [0.4, 0.5) is 0 Å². The van der Waals surface area contributed by atoms with Crippen molar-refractivity contribution in [3.05, 3.63) is 59.4 Å². The Morgan fingerprint density at radius 3 is 2.79 bits per heavy atom. The summed E-state index contributed by atoms with van der Waals surface area (Å²) in [5, 5.41) is 3.61. The van der Waals surface area contributed by atoms with Crippen molar-refractivity contribution in [3.8, 4) is 0 Å². The molecule has 2 N–H and O–H groups in total. The van der Waals surface area contributed by atoms with Crippen molar-refractivity contribution < 1.29 is 4.79 Å². The molecule has 4 nitrogen and oxygen atoms in total. The van der Waals surface area contributed by atoms with Crippen molar-refractivity contribution in [2.24, 2.45) is 0 Å². The van der Waals surface area contributed by atoms with E-state index in [0.717, 1.165) is 34.6 Å². The molecule has 6 heteroatoms. The van der Waals surface area contributed by atoms with Crippen LogP contribution in [0.25, 0.3) is 11.0 Å². The Morgan fingerprint density at radius 1 is 1.17 bits per heavy atom. The first kappa shape index (κ1) is 16.9. The van der Waals surface area contributed by atoms with E-state index < -0.39 is 0 Å². The van der Waals surface area contributed by atoms with Crippen molar-refractivity contribution in [3.63, 3.8) is 0 Å². The zero-order valence-corrected chi connectivity index (χ0v) is 14.7. The maximum absolute atomic E-state index is 11.9. The highest BCUT2D eigenvalue weighted by molar-refractivity contribution is 8.00. The van der Waals surface area contributed by atoms with E-state index >= 15 is 0 Å². The molecule has 1 heterocycles. The maximum Gasteiger partial charge on any atom is 0.230 e. The number of para-hydroxylation sites is 2. The SMILES string of the molecule is O=C(CSc1ccccc1Cl)NCCCc1nc2ccccc2[nH]1. The topological polar surface area (TPSA) is 57.8 Å². The number of halogens is 1. The summed E-state index contributed by atoms with van der Waals surface area (Å²) >= 11 is 7.52. The number of carbonyl (C=O) groups excluding carboxylic acids is 1. The second kappa shape index (κ2) is 8.22. The first-order chi connectivity index (χ1) is 11.7. The standard InChI is InChI=1S/C18H18ClN3OS/c19-13-6-1-4-9-16(13)24-12-18(23)20-11-5-10-17-21-14-7-2-3-8-15(14)22-17/h1-4,6-9H,5,10-12H2,(H,20,23)(H,21,22). The van der Waals surface area contributed by atoms with Gasteiger partial charge in [-0.1, -0.05) is 35.9 Å². The van der Waals surface area contributed by atoms with Crippen LogP contribution in [0.15, 0.2) is 53.4 Å². The second-order valence-electron chi connectivity index (χ2n) is 5.37. The molecule has 0 aliphatic carbocycles. The van der Waals surface area contributed by atoms with Gasteiger partial charge in [-0.15, -0.1) is 11.8 Å². The number of hydrogen-bond donors (Lipinski definition) is 2. The predicted octanol–water partition coefficient (Wildman–Crippen LogP) is 4.06. The van der Waals surface area contributed by atoms with Crippen molar-refractivity contribution >= 4 is 40.3 Å². The highest BCUT2D eigenvalue weighted by Gasteiger charge is 2.06. The van der Waals surface area contributed by atoms with E-state index in [9.17, 15) is 4.79 Å². The number of H-pyrrole nitrogens is 1. The number of nitrogens with zero attached hydrogens (tertiary/aromatic N) is 1. The first-order valence-corrected chi connectivity index (χ1v) is 9.16. The quantitative estimate of drug-likeness (QED) is 0.494. The number of fused-ring (bicyclic) bond motifs is 1. The summed E-state index contributed by atoms with van der Waals surface area (Å²) in [5.41, 5.74) is 2.03. The van der Waals surface area contributed by atoms with Crippen LogP contribution in [0.3, 0.4) is 0 Å². The molecule has 0 saturated carbocycles. The number of amides is 1. The molecule has 0 saturated heterocycles. The number of imidazole rings is 1. The van der Waals surface area contributed by atoms with Crippen molar-refractivity contribution in [2.45, 2.75) is 17.7 Å². The van der Waals surface area contributed by atoms with Gasteiger partial charge in [0, 0.05) is 17.9 Å². The molecule has 124 valence electrons. The fraction of sp³-hybridized carbons (Fsp3) is 0.222. The summed E-state index contributed by atoms with van der Waals surface area (Å²) in [4.78, 5) is 20.6. The van der Waals surface area contributed by atoms with E-state index in [1.165, 1.54) is 11.8 Å². The smallest absolute Gasteiger partial charge is 0.230 e. The summed E-state index contributed by atoms with van der Waals surface area (Å²) in [6.45, 7) is 0.638. The summed E-state index contributed by atoms with van der Waals surface area (Å²) in [6, 6.07) is 15.5. The van der Waals surface area contributed by atoms with Gasteiger partial charge in [-0.3, -0.25) is 4.79 Å². The minimum absolute atomic E-state index is 0.0181. The van der Waals surface area contributed by atoms with Crippen LogP contribution in [-0.4, -0.2) is 28.2 Å². The Kier molecular flexibility index (Phi) is 5.77. The van der Waals surface area contributed by atoms with E-state index in [1.54, 1.807) is 0 Å². The Morgan fingerprint density at radius 2 is 1.96 bits per heavy atom. The normalized spacial score (nSPS) is 10.9. The molecular weight excluding hydrogens is 342 g/mol. The van der Waals surface area contributed by atoms with Gasteiger partial charge in [-0.2, -0.15) is 0 Å². The van der Waals surface area contributed by atoms with Crippen LogP contribution in [0.2, 0.25) is 5.02 Å². The molecule has 0 spiro atoms. The summed E-state index contributed by atoms with van der Waals surface area (Å²) in [5.74, 6) is 1.34. The molecule has 3 rings (SSSR count). The molecule has 0 aliphatic rings. The van der Waals surface area contributed by atoms with Gasteiger partial charge in [-0.25, -0.2) is 4.98 Å². The molecule has 2 aromatic carbocycles. The van der Waals surface area contributed by atoms with Crippen LogP contribution >= 0.6 is 23.4 Å². The lowest BCUT2D eigenvalue weighted by Gasteiger charge is -2.05. The van der Waals surface area contributed by atoms with E-state index in [0.29, 0.717) is 17.3 Å². The lowest BCUT2D eigenvalue weighted by atomic mass is 10.3. The summed E-state index contributed by atoms with van der Waals surface area (Å²) < 4.78 is 0. The average molecular weight is 360 g/mol. The number of hydrogen-bond acceptors (Lipinski definition) is 3. The number of aromatic nitrogens is 2. The highest BCUT2D eigenvalue weighted by Crippen LogP contribution is 2.26. The number of rotatable bonds is 7. The summed E-state index contributed by atoms with van der Waals surface area (Å²) in [7, 11) is 0. The molecule has 0 aliphatic heterocycles. The molecule has 0 bridgehead atoms. The maximum atomic E-state index is 11.9. The fourth-order valence-corrected chi connectivity index (χ4v) is 3.43. The number of benzene rings is 2. The third kappa shape index (κ3) is 4.52. The molecule has 24 heavy (non-hydrogen) atoms. The largest absolute Gasteiger partial charge is 0.355 e. The van der Waals surface area contributed by atoms with Gasteiger partial charge >= 0.3 is 0 Å². The number of aromatic amines is 1. The van der Waals surface area contributed by atoms with E-state index in [2.05, 4.69) is 15.3 Å². The fourth-order valence-electron chi connectivity index (χ4n) is 2.36. The number of nitrogens with one attached hydrogen (secondary N) is 2. The zero-order chi connectivity index (χ0) is 16.8. The molecule has 1 aromatic heterocycles. The Labute approximate surface area is 150 Å². The van der Waals surface area contributed by atoms with Crippen LogP contribution in [0.5, 0.6) is 0 Å². The number of aryl methyl sites for hydroxylation is 1. The van der Waals surface area contributed by atoms with Crippen LogP contribution < -0.4 is 5.32 Å². The summed E-state index contributed by atoms with van der Waals surface area (Å²) in [6.07, 6.45) is 1.66. The molecular formula is C18H18ClN3OS. The third-order valence-corrected chi connectivity index (χ3v) is 5.06. The van der Waals surface area contributed by atoms with Crippen molar-refractivity contribution in [2.75, 3.05) is 12.3 Å². The average Bonchev–Trinajstić information content (AvgIpc) is 3.01. The molecule has 1 amide bonds. The zero-order valence-electron chi connectivity index (χ0n) is 13.1. The lowest BCUT2D eigenvalue weighted by Crippen LogP contribution is -2.26. The van der Waals surface area contributed by atoms with E-state index in [-0.39, 0.29) is 5.91 Å². The molecule has 0 unspecified atom stereocenters. The predicted molar refractivity (Wildman–Crippen MR) is 99.6 cm³/mol. The molecule has 0 fully saturated rings. The Hall–Kier alpha value is -1.98. The van der Waals surface area contributed by atoms with Gasteiger partial charge < -0.3 is 10.3 Å². The minimum atomic E-state index is 0.0181. The van der Waals surface area contributed by atoms with Gasteiger partial charge in [0.05, 0.1) is 21.8 Å². The van der Waals surface area contributed by atoms with Gasteiger partial charge in [0.15, 0.2) is 0 Å². The monoisotopic (exact) mass is 359 g/mol. The van der Waals surface area contributed by atoms with Gasteiger partial charge in [0.1, 0.15) is 5.82 Å². The lowest BCUT2D eigenvalue weighted by molar-refractivity contribution is -0.118.